The second-order valence-corrected chi connectivity index (χ2v) is 19.4. The molecule has 0 rings (SSSR count). The zero-order valence-electron chi connectivity index (χ0n) is 45.1. The fraction of sp³-hybridized carbons (Fsp3) is 0.650. The Morgan fingerprint density at radius 3 is 1.14 bits per heavy atom. The average molecular weight is 1030 g/mol. The van der Waals surface area contributed by atoms with Gasteiger partial charge < -0.3 is 24.2 Å². The molecule has 0 fully saturated rings. The molecule has 2 N–H and O–H groups in total. The third-order valence-electron chi connectivity index (χ3n) is 11.2. The minimum absolute atomic E-state index is 0.103. The Labute approximate surface area is 437 Å². The molecule has 3 unspecified atom stereocenters. The number of rotatable bonds is 50. The summed E-state index contributed by atoms with van der Waals surface area (Å²) >= 11 is 0. The van der Waals surface area contributed by atoms with E-state index in [1.165, 1.54) is 44.9 Å². The number of allylic oxidation sites excluding steroid dienone is 18. The summed E-state index contributed by atoms with van der Waals surface area (Å²) in [5.41, 5.74) is 0. The topological polar surface area (TPSA) is 155 Å². The molecule has 410 valence electrons. The van der Waals surface area contributed by atoms with Gasteiger partial charge in [0, 0.05) is 19.3 Å². The molecule has 0 aromatic rings. The number of carbonyl (C=O) groups is 3. The first-order chi connectivity index (χ1) is 35.2. The molecular weight excluding hydrogens is 928 g/mol. The number of esters is 3. The number of phosphoric acid groups is 1. The molecule has 0 aliphatic carbocycles. The third-order valence-corrected chi connectivity index (χ3v) is 12.1. The lowest BCUT2D eigenvalue weighted by atomic mass is 10.1. The Bertz CT molecular complexity index is 1620. The molecule has 72 heavy (non-hydrogen) atoms. The van der Waals surface area contributed by atoms with E-state index < -0.39 is 57.8 Å². The van der Waals surface area contributed by atoms with Crippen molar-refractivity contribution in [2.24, 2.45) is 0 Å². The Kier molecular flexibility index (Phi) is 50.6. The summed E-state index contributed by atoms with van der Waals surface area (Å²) in [4.78, 5) is 48.4. The molecule has 0 saturated heterocycles. The second kappa shape index (κ2) is 53.4. The molecule has 0 amide bonds. The maximum Gasteiger partial charge on any atom is 0.472 e. The summed E-state index contributed by atoms with van der Waals surface area (Å²) in [5.74, 6) is -1.56. The van der Waals surface area contributed by atoms with E-state index in [1.807, 2.05) is 0 Å². The predicted molar refractivity (Wildman–Crippen MR) is 297 cm³/mol. The summed E-state index contributed by atoms with van der Waals surface area (Å²) in [6.45, 7) is 4.30. The van der Waals surface area contributed by atoms with Crippen LogP contribution in [0.1, 0.15) is 213 Å². The van der Waals surface area contributed by atoms with Gasteiger partial charge in [0.1, 0.15) is 12.7 Å². The third kappa shape index (κ3) is 51.1. The second-order valence-electron chi connectivity index (χ2n) is 18.0. The number of hydrogen-bond donors (Lipinski definition) is 2. The minimum Gasteiger partial charge on any atom is -0.462 e. The first-order valence-corrected chi connectivity index (χ1v) is 29.3. The van der Waals surface area contributed by atoms with Crippen LogP contribution in [-0.2, 0) is 42.2 Å². The van der Waals surface area contributed by atoms with Crippen LogP contribution in [0, 0.1) is 0 Å². The molecule has 11 nitrogen and oxygen atoms in total. The number of hydrogen-bond acceptors (Lipinski definition) is 10. The highest BCUT2D eigenvalue weighted by atomic mass is 31.2. The van der Waals surface area contributed by atoms with Crippen LogP contribution in [0.5, 0.6) is 0 Å². The van der Waals surface area contributed by atoms with E-state index >= 15 is 0 Å². The Balaban J connectivity index is 4.86. The van der Waals surface area contributed by atoms with Gasteiger partial charge in [0.05, 0.1) is 19.8 Å². The van der Waals surface area contributed by atoms with Crippen molar-refractivity contribution < 1.29 is 52.2 Å². The van der Waals surface area contributed by atoms with Gasteiger partial charge in [-0.05, 0) is 103 Å². The molecule has 0 heterocycles. The van der Waals surface area contributed by atoms with Gasteiger partial charge in [-0.2, -0.15) is 0 Å². The van der Waals surface area contributed by atoms with Gasteiger partial charge in [-0.15, -0.1) is 0 Å². The van der Waals surface area contributed by atoms with Crippen LogP contribution < -0.4 is 0 Å². The zero-order chi connectivity index (χ0) is 52.7. The SMILES string of the molecule is CC/C=C\C/C=C\C/C=C\C/C=C\C/C=C\CCCCCC(=O)OCC(COP(=O)(O)OCC(CO)OC(=O)CCCCCCCCCCCCC)OC(=O)CCCC/C=C\C/C=C\C/C=C\C/C=C\CC. The predicted octanol–water partition coefficient (Wildman–Crippen LogP) is 16.2. The maximum absolute atomic E-state index is 12.9. The highest BCUT2D eigenvalue weighted by molar-refractivity contribution is 7.47. The number of carbonyl (C=O) groups excluding carboxylic acids is 3. The quantitative estimate of drug-likeness (QED) is 0.0197. The van der Waals surface area contributed by atoms with E-state index in [4.69, 9.17) is 23.3 Å². The highest BCUT2D eigenvalue weighted by Gasteiger charge is 2.28. The lowest BCUT2D eigenvalue weighted by molar-refractivity contribution is -0.161. The van der Waals surface area contributed by atoms with Crippen molar-refractivity contribution >= 4 is 25.7 Å². The van der Waals surface area contributed by atoms with Crippen LogP contribution in [-0.4, -0.2) is 66.5 Å². The summed E-state index contributed by atoms with van der Waals surface area (Å²) in [7, 11) is -4.77. The number of aliphatic hydroxyl groups is 1. The lowest BCUT2D eigenvalue weighted by Gasteiger charge is -2.21. The smallest absolute Gasteiger partial charge is 0.462 e. The van der Waals surface area contributed by atoms with Crippen molar-refractivity contribution in [1.29, 1.82) is 0 Å². The van der Waals surface area contributed by atoms with E-state index in [0.29, 0.717) is 19.3 Å². The molecule has 12 heteroatoms. The Morgan fingerprint density at radius 1 is 0.403 bits per heavy atom. The fourth-order valence-electron chi connectivity index (χ4n) is 7.02. The van der Waals surface area contributed by atoms with Gasteiger partial charge >= 0.3 is 25.7 Å². The standard InChI is InChI=1S/C60H99O11P/c1-4-7-10-13-16-19-22-24-26-27-28-29-31-32-35-37-40-43-46-49-58(62)67-53-57(71-60(64)51-48-45-42-39-36-33-30-25-23-20-17-14-11-8-5-2)55-69-72(65,66)68-54-56(52-61)70-59(63)50-47-44-41-38-34-21-18-15-12-9-6-3/h7-8,10-11,16-17,19-20,24-26,28-30,32,35-36,39,56-57,61H,4-6,9,12-15,18,21-23,27,31,33-34,37-38,40-55H2,1-3H3,(H,65,66)/b10-7-,11-8-,19-16-,20-17-,26-24-,29-28-,30-25-,35-32-,39-36-. The van der Waals surface area contributed by atoms with Gasteiger partial charge in [-0.25, -0.2) is 4.57 Å². The van der Waals surface area contributed by atoms with Crippen molar-refractivity contribution in [2.75, 3.05) is 26.4 Å². The Hall–Kier alpha value is -3.86. The summed E-state index contributed by atoms with van der Waals surface area (Å²) < 4.78 is 39.4. The molecule has 0 aliphatic rings. The van der Waals surface area contributed by atoms with E-state index in [2.05, 4.69) is 130 Å². The van der Waals surface area contributed by atoms with E-state index in [-0.39, 0.29) is 25.9 Å². The molecule has 0 aliphatic heterocycles. The monoisotopic (exact) mass is 1030 g/mol. The molecule has 0 bridgehead atoms. The largest absolute Gasteiger partial charge is 0.472 e. The van der Waals surface area contributed by atoms with E-state index in [1.54, 1.807) is 0 Å². The molecule has 0 aromatic heterocycles. The van der Waals surface area contributed by atoms with Crippen molar-refractivity contribution in [3.05, 3.63) is 109 Å². The first kappa shape index (κ1) is 68.1. The number of phosphoric ester groups is 1. The fourth-order valence-corrected chi connectivity index (χ4v) is 7.80. The number of aliphatic hydroxyl groups excluding tert-OH is 1. The number of ether oxygens (including phenoxy) is 3. The van der Waals surface area contributed by atoms with Crippen molar-refractivity contribution in [3.8, 4) is 0 Å². The lowest BCUT2D eigenvalue weighted by Crippen LogP contribution is -2.30. The van der Waals surface area contributed by atoms with Crippen LogP contribution in [0.25, 0.3) is 0 Å². The van der Waals surface area contributed by atoms with Crippen LogP contribution >= 0.6 is 7.82 Å². The van der Waals surface area contributed by atoms with E-state index in [0.717, 1.165) is 109 Å². The van der Waals surface area contributed by atoms with Gasteiger partial charge in [0.15, 0.2) is 6.10 Å². The van der Waals surface area contributed by atoms with Crippen molar-refractivity contribution in [3.63, 3.8) is 0 Å². The maximum atomic E-state index is 12.9. The summed E-state index contributed by atoms with van der Waals surface area (Å²) in [6.07, 6.45) is 63.4. The molecular formula is C60H99O11P. The first-order valence-electron chi connectivity index (χ1n) is 27.8. The van der Waals surface area contributed by atoms with E-state index in [9.17, 15) is 28.9 Å². The van der Waals surface area contributed by atoms with Crippen molar-refractivity contribution in [2.45, 2.75) is 226 Å². The zero-order valence-corrected chi connectivity index (χ0v) is 46.0. The van der Waals surface area contributed by atoms with Crippen LogP contribution in [0.15, 0.2) is 109 Å². The Morgan fingerprint density at radius 2 is 0.722 bits per heavy atom. The average Bonchev–Trinajstić information content (AvgIpc) is 3.37. The molecule has 0 radical (unpaired) electrons. The highest BCUT2D eigenvalue weighted by Crippen LogP contribution is 2.43. The van der Waals surface area contributed by atoms with Gasteiger partial charge in [-0.1, -0.05) is 201 Å². The van der Waals surface area contributed by atoms with Crippen LogP contribution in [0.4, 0.5) is 0 Å². The summed E-state index contributed by atoms with van der Waals surface area (Å²) in [5, 5.41) is 9.78. The molecule has 3 atom stereocenters. The molecule has 0 spiro atoms. The summed E-state index contributed by atoms with van der Waals surface area (Å²) in [6, 6.07) is 0. The van der Waals surface area contributed by atoms with Crippen LogP contribution in [0.3, 0.4) is 0 Å². The normalized spacial score (nSPS) is 14.2. The minimum atomic E-state index is -4.77. The van der Waals surface area contributed by atoms with Crippen molar-refractivity contribution in [1.82, 2.24) is 0 Å². The number of unbranched alkanes of at least 4 members (excludes halogenated alkanes) is 15. The van der Waals surface area contributed by atoms with Crippen LogP contribution in [0.2, 0.25) is 0 Å². The molecule has 0 aromatic carbocycles. The van der Waals surface area contributed by atoms with Gasteiger partial charge in [0.2, 0.25) is 0 Å². The molecule has 0 saturated carbocycles. The van der Waals surface area contributed by atoms with Gasteiger partial charge in [-0.3, -0.25) is 23.4 Å². The van der Waals surface area contributed by atoms with Gasteiger partial charge in [0.25, 0.3) is 0 Å².